The molecular weight excluding hydrogens is 230 g/mol. The fourth-order valence-electron chi connectivity index (χ4n) is 2.62. The van der Waals surface area contributed by atoms with Crippen LogP contribution in [-0.4, -0.2) is 29.0 Å². The molecule has 1 saturated heterocycles. The number of likely N-dealkylation sites (tertiary alicyclic amines) is 1. The Bertz CT molecular complexity index is 375. The van der Waals surface area contributed by atoms with Gasteiger partial charge >= 0.3 is 0 Å². The highest BCUT2D eigenvalue weighted by Crippen LogP contribution is 2.24. The first-order valence-electron chi connectivity index (χ1n) is 6.51. The normalized spacial score (nSPS) is 26.4. The lowest BCUT2D eigenvalue weighted by atomic mass is 9.91. The summed E-state index contributed by atoms with van der Waals surface area (Å²) >= 11 is 1.83. The zero-order valence-corrected chi connectivity index (χ0v) is 11.9. The Morgan fingerprint density at radius 3 is 2.82 bits per heavy atom. The number of thiazole rings is 1. The number of piperidine rings is 1. The molecule has 0 spiro atoms. The van der Waals surface area contributed by atoms with Crippen molar-refractivity contribution in [1.82, 2.24) is 9.88 Å². The maximum atomic E-state index is 6.14. The largest absolute Gasteiger partial charge is 0.327 e. The van der Waals surface area contributed by atoms with Crippen molar-refractivity contribution in [2.75, 3.05) is 13.1 Å². The van der Waals surface area contributed by atoms with E-state index in [-0.39, 0.29) is 0 Å². The molecule has 4 heteroatoms. The number of aromatic nitrogens is 1. The smallest absolute Gasteiger partial charge is 0.0900 e. The molecule has 1 fully saturated rings. The van der Waals surface area contributed by atoms with Crippen LogP contribution in [0.2, 0.25) is 0 Å². The predicted octanol–water partition coefficient (Wildman–Crippen LogP) is 2.32. The van der Waals surface area contributed by atoms with E-state index in [1.807, 2.05) is 11.3 Å². The molecule has 0 aromatic carbocycles. The number of rotatable bonds is 3. The van der Waals surface area contributed by atoms with Crippen molar-refractivity contribution in [2.45, 2.75) is 46.2 Å². The van der Waals surface area contributed by atoms with E-state index in [1.54, 1.807) is 0 Å². The molecule has 1 aromatic rings. The zero-order valence-electron chi connectivity index (χ0n) is 11.1. The van der Waals surface area contributed by atoms with Crippen molar-refractivity contribution in [3.63, 3.8) is 0 Å². The van der Waals surface area contributed by atoms with E-state index in [9.17, 15) is 0 Å². The SMILES string of the molecule is CCC1CN(Cc2sc(C)nc2C)CCC1N. The minimum atomic E-state index is 0.403. The summed E-state index contributed by atoms with van der Waals surface area (Å²) in [7, 11) is 0. The second-order valence-electron chi connectivity index (χ2n) is 5.10. The van der Waals surface area contributed by atoms with Gasteiger partial charge in [0.15, 0.2) is 0 Å². The molecule has 17 heavy (non-hydrogen) atoms. The number of nitrogens with zero attached hydrogens (tertiary/aromatic N) is 2. The number of hydrogen-bond donors (Lipinski definition) is 1. The molecule has 0 radical (unpaired) electrons. The van der Waals surface area contributed by atoms with Crippen LogP contribution in [-0.2, 0) is 6.54 Å². The van der Waals surface area contributed by atoms with Crippen LogP contribution in [0.15, 0.2) is 0 Å². The Hall–Kier alpha value is -0.450. The van der Waals surface area contributed by atoms with Crippen LogP contribution in [0.5, 0.6) is 0 Å². The summed E-state index contributed by atoms with van der Waals surface area (Å²) in [4.78, 5) is 8.46. The molecule has 1 aromatic heterocycles. The summed E-state index contributed by atoms with van der Waals surface area (Å²) < 4.78 is 0. The highest BCUT2D eigenvalue weighted by atomic mass is 32.1. The van der Waals surface area contributed by atoms with E-state index < -0.39 is 0 Å². The third kappa shape index (κ3) is 3.06. The minimum Gasteiger partial charge on any atom is -0.327 e. The molecule has 96 valence electrons. The molecule has 3 nitrogen and oxygen atoms in total. The summed E-state index contributed by atoms with van der Waals surface area (Å²) in [5.74, 6) is 0.665. The van der Waals surface area contributed by atoms with Crippen LogP contribution in [0.25, 0.3) is 0 Å². The van der Waals surface area contributed by atoms with Crippen LogP contribution in [0, 0.1) is 19.8 Å². The second-order valence-corrected chi connectivity index (χ2v) is 6.39. The third-order valence-electron chi connectivity index (χ3n) is 3.77. The molecule has 2 N–H and O–H groups in total. The van der Waals surface area contributed by atoms with Crippen molar-refractivity contribution >= 4 is 11.3 Å². The summed E-state index contributed by atoms with van der Waals surface area (Å²) in [6.45, 7) is 9.78. The van der Waals surface area contributed by atoms with Gasteiger partial charge in [0.1, 0.15) is 0 Å². The zero-order chi connectivity index (χ0) is 12.4. The summed E-state index contributed by atoms with van der Waals surface area (Å²) in [6.07, 6.45) is 2.33. The van der Waals surface area contributed by atoms with Gasteiger partial charge in [-0.05, 0) is 26.2 Å². The second kappa shape index (κ2) is 5.46. The van der Waals surface area contributed by atoms with Gasteiger partial charge in [0, 0.05) is 30.6 Å². The van der Waals surface area contributed by atoms with E-state index in [0.29, 0.717) is 12.0 Å². The average molecular weight is 253 g/mol. The molecule has 2 heterocycles. The maximum Gasteiger partial charge on any atom is 0.0900 e. The molecule has 1 aliphatic heterocycles. The molecule has 2 unspecified atom stereocenters. The number of aryl methyl sites for hydroxylation is 2. The minimum absolute atomic E-state index is 0.403. The van der Waals surface area contributed by atoms with Gasteiger partial charge in [-0.25, -0.2) is 4.98 Å². The fourth-order valence-corrected chi connectivity index (χ4v) is 3.60. The van der Waals surface area contributed by atoms with Gasteiger partial charge in [0.2, 0.25) is 0 Å². The van der Waals surface area contributed by atoms with Crippen molar-refractivity contribution in [2.24, 2.45) is 11.7 Å². The van der Waals surface area contributed by atoms with E-state index in [1.165, 1.54) is 22.0 Å². The number of hydrogen-bond acceptors (Lipinski definition) is 4. The van der Waals surface area contributed by atoms with E-state index in [4.69, 9.17) is 5.73 Å². The molecule has 1 aliphatic rings. The first-order valence-corrected chi connectivity index (χ1v) is 7.32. The molecule has 0 saturated carbocycles. The van der Waals surface area contributed by atoms with E-state index in [2.05, 4.69) is 30.7 Å². The van der Waals surface area contributed by atoms with Gasteiger partial charge in [-0.2, -0.15) is 0 Å². The lowest BCUT2D eigenvalue weighted by Gasteiger charge is -2.36. The highest BCUT2D eigenvalue weighted by Gasteiger charge is 2.25. The Balaban J connectivity index is 1.98. The summed E-state index contributed by atoms with van der Waals surface area (Å²) in [6, 6.07) is 0.403. The van der Waals surface area contributed by atoms with Gasteiger partial charge in [-0.15, -0.1) is 11.3 Å². The lowest BCUT2D eigenvalue weighted by molar-refractivity contribution is 0.146. The Labute approximate surface area is 108 Å². The maximum absolute atomic E-state index is 6.14. The van der Waals surface area contributed by atoms with Gasteiger partial charge in [0.25, 0.3) is 0 Å². The summed E-state index contributed by atoms with van der Waals surface area (Å²) in [5, 5.41) is 1.18. The van der Waals surface area contributed by atoms with Crippen molar-refractivity contribution < 1.29 is 0 Å². The van der Waals surface area contributed by atoms with Crippen LogP contribution in [0.1, 0.15) is 35.3 Å². The monoisotopic (exact) mass is 253 g/mol. The van der Waals surface area contributed by atoms with Crippen molar-refractivity contribution in [3.8, 4) is 0 Å². The van der Waals surface area contributed by atoms with Gasteiger partial charge < -0.3 is 5.73 Å². The average Bonchev–Trinajstić information content (AvgIpc) is 2.60. The quantitative estimate of drug-likeness (QED) is 0.899. The first-order chi connectivity index (χ1) is 8.10. The van der Waals surface area contributed by atoms with Crippen LogP contribution in [0.3, 0.4) is 0 Å². The van der Waals surface area contributed by atoms with Gasteiger partial charge in [0.05, 0.1) is 10.7 Å². The summed E-state index contributed by atoms with van der Waals surface area (Å²) in [5.41, 5.74) is 7.35. The molecule has 0 bridgehead atoms. The van der Waals surface area contributed by atoms with Crippen LogP contribution < -0.4 is 5.73 Å². The Kier molecular flexibility index (Phi) is 4.17. The fraction of sp³-hybridized carbons (Fsp3) is 0.769. The van der Waals surface area contributed by atoms with E-state index in [0.717, 1.165) is 26.1 Å². The molecular formula is C13H23N3S. The lowest BCUT2D eigenvalue weighted by Crippen LogP contribution is -2.46. The van der Waals surface area contributed by atoms with E-state index >= 15 is 0 Å². The van der Waals surface area contributed by atoms with Gasteiger partial charge in [-0.3, -0.25) is 4.90 Å². The van der Waals surface area contributed by atoms with Crippen LogP contribution >= 0.6 is 11.3 Å². The predicted molar refractivity (Wildman–Crippen MR) is 73.2 cm³/mol. The highest BCUT2D eigenvalue weighted by molar-refractivity contribution is 7.11. The first kappa shape index (κ1) is 13.0. The van der Waals surface area contributed by atoms with Crippen molar-refractivity contribution in [1.29, 1.82) is 0 Å². The topological polar surface area (TPSA) is 42.2 Å². The van der Waals surface area contributed by atoms with Crippen molar-refractivity contribution in [3.05, 3.63) is 15.6 Å². The molecule has 2 rings (SSSR count). The van der Waals surface area contributed by atoms with Crippen LogP contribution in [0.4, 0.5) is 0 Å². The molecule has 0 aliphatic carbocycles. The van der Waals surface area contributed by atoms with Gasteiger partial charge in [-0.1, -0.05) is 13.3 Å². The Morgan fingerprint density at radius 2 is 2.24 bits per heavy atom. The number of nitrogens with two attached hydrogens (primary N) is 1. The molecule has 2 atom stereocenters. The third-order valence-corrected chi connectivity index (χ3v) is 4.83. The standard InChI is InChI=1S/C13H23N3S/c1-4-11-7-16(6-5-12(11)14)8-13-9(2)15-10(3)17-13/h11-12H,4-8,14H2,1-3H3. The molecule has 0 amide bonds. The Morgan fingerprint density at radius 1 is 1.47 bits per heavy atom.